The Hall–Kier alpha value is -2.89. The highest BCUT2D eigenvalue weighted by Gasteiger charge is 2.42. The summed E-state index contributed by atoms with van der Waals surface area (Å²) >= 11 is 0. The topological polar surface area (TPSA) is 38.8 Å². The highest BCUT2D eigenvalue weighted by molar-refractivity contribution is 6.03. The zero-order chi connectivity index (χ0) is 27.7. The van der Waals surface area contributed by atoms with Gasteiger partial charge in [-0.05, 0) is 49.4 Å². The monoisotopic (exact) mass is 551 g/mol. The minimum Gasteiger partial charge on any atom is -0.480 e. The van der Waals surface area contributed by atoms with Crippen LogP contribution in [0.2, 0.25) is 0 Å². The molecule has 0 bridgehead atoms. The molecule has 0 saturated carbocycles. The van der Waals surface area contributed by atoms with E-state index in [4.69, 9.17) is 0 Å². The summed E-state index contributed by atoms with van der Waals surface area (Å²) in [5, 5.41) is 0. The summed E-state index contributed by atoms with van der Waals surface area (Å²) in [5.74, 6) is -2.91. The number of nitrogens with zero attached hydrogens (tertiary/aromatic N) is 1. The molecule has 0 radical (unpaired) electrons. The first-order valence-corrected chi connectivity index (χ1v) is 12.0. The van der Waals surface area contributed by atoms with Crippen molar-refractivity contribution in [2.24, 2.45) is 5.92 Å². The second kappa shape index (κ2) is 10.7. The van der Waals surface area contributed by atoms with Gasteiger partial charge >= 0.3 is 12.4 Å². The molecule has 0 amide bonds. The number of carbonyl (C=O) groups is 1. The van der Waals surface area contributed by atoms with Crippen LogP contribution in [0.1, 0.15) is 40.7 Å². The van der Waals surface area contributed by atoms with Crippen molar-refractivity contribution in [3.63, 3.8) is 0 Å². The number of carbonyl (C=O) groups excluding carboxylic acids is 1. The average molecular weight is 551 g/mol. The van der Waals surface area contributed by atoms with E-state index < -0.39 is 54.4 Å². The quantitative estimate of drug-likeness (QED) is 0.353. The molecule has 12 heteroatoms. The predicted octanol–water partition coefficient (Wildman–Crippen LogP) is 6.46. The second-order valence-corrected chi connectivity index (χ2v) is 9.75. The molecular formula is C26H25F8NO3. The van der Waals surface area contributed by atoms with Crippen LogP contribution in [0.4, 0.5) is 35.1 Å². The number of alkyl halides is 7. The standard InChI is InChI=1S/C26H25F8NO3/c27-20-4-2-1-3-16(20)13-35-7-5-24(28,6-8-35)12-18-9-17-10-21(37-14-25(29,30)31)22(11-19(17)23(18)36)38-15-26(32,33)34/h1-4,10-11,18H,5-9,12-15H2. The Morgan fingerprint density at radius 3 is 2.08 bits per heavy atom. The number of rotatable bonds is 8. The van der Waals surface area contributed by atoms with Crippen LogP contribution in [0, 0.1) is 11.7 Å². The summed E-state index contributed by atoms with van der Waals surface area (Å²) < 4.78 is 115. The largest absolute Gasteiger partial charge is 0.480 e. The third kappa shape index (κ3) is 7.15. The van der Waals surface area contributed by atoms with E-state index in [1.165, 1.54) is 6.07 Å². The molecule has 38 heavy (non-hydrogen) atoms. The van der Waals surface area contributed by atoms with Crippen molar-refractivity contribution in [2.45, 2.75) is 50.2 Å². The van der Waals surface area contributed by atoms with Crippen molar-refractivity contribution in [3.05, 3.63) is 58.9 Å². The molecule has 1 aliphatic carbocycles. The molecule has 1 aliphatic heterocycles. The van der Waals surface area contributed by atoms with Crippen molar-refractivity contribution in [2.75, 3.05) is 26.3 Å². The van der Waals surface area contributed by atoms with Gasteiger partial charge in [0.2, 0.25) is 0 Å². The minimum absolute atomic E-state index is 0.0146. The fourth-order valence-electron chi connectivity index (χ4n) is 4.91. The van der Waals surface area contributed by atoms with Crippen molar-refractivity contribution in [3.8, 4) is 11.5 Å². The summed E-state index contributed by atoms with van der Waals surface area (Å²) in [6, 6.07) is 8.30. The fourth-order valence-corrected chi connectivity index (χ4v) is 4.91. The molecule has 1 heterocycles. The third-order valence-electron chi connectivity index (χ3n) is 6.77. The summed E-state index contributed by atoms with van der Waals surface area (Å²) in [6.45, 7) is -2.56. The van der Waals surface area contributed by atoms with Gasteiger partial charge in [0.15, 0.2) is 30.5 Å². The van der Waals surface area contributed by atoms with Gasteiger partial charge in [0.05, 0.1) is 0 Å². The number of hydrogen-bond donors (Lipinski definition) is 0. The molecule has 1 unspecified atom stereocenters. The molecular weight excluding hydrogens is 526 g/mol. The van der Waals surface area contributed by atoms with Crippen LogP contribution in [0.15, 0.2) is 36.4 Å². The molecule has 0 N–H and O–H groups in total. The molecule has 1 saturated heterocycles. The molecule has 2 aromatic carbocycles. The van der Waals surface area contributed by atoms with Gasteiger partial charge in [-0.25, -0.2) is 8.78 Å². The third-order valence-corrected chi connectivity index (χ3v) is 6.77. The lowest BCUT2D eigenvalue weighted by Gasteiger charge is -2.37. The van der Waals surface area contributed by atoms with E-state index in [-0.39, 0.29) is 42.6 Å². The van der Waals surface area contributed by atoms with Gasteiger partial charge in [-0.15, -0.1) is 0 Å². The summed E-state index contributed by atoms with van der Waals surface area (Å²) in [4.78, 5) is 14.9. The number of Topliss-reactive ketones (excluding diaryl/α,β-unsaturated/α-hetero) is 1. The van der Waals surface area contributed by atoms with Crippen LogP contribution in [0.5, 0.6) is 11.5 Å². The molecule has 0 aromatic heterocycles. The van der Waals surface area contributed by atoms with Gasteiger partial charge in [0, 0.05) is 36.7 Å². The van der Waals surface area contributed by atoms with E-state index in [9.17, 15) is 35.5 Å². The Kier molecular flexibility index (Phi) is 7.92. The number of likely N-dealkylation sites (tertiary alicyclic amines) is 1. The van der Waals surface area contributed by atoms with Crippen molar-refractivity contribution < 1.29 is 49.4 Å². The van der Waals surface area contributed by atoms with Crippen molar-refractivity contribution >= 4 is 5.78 Å². The van der Waals surface area contributed by atoms with Crippen LogP contribution in [0.25, 0.3) is 0 Å². The number of benzene rings is 2. The first-order chi connectivity index (χ1) is 17.7. The predicted molar refractivity (Wildman–Crippen MR) is 120 cm³/mol. The Morgan fingerprint density at radius 1 is 0.921 bits per heavy atom. The number of ether oxygens (including phenoxy) is 2. The number of halogens is 8. The number of hydrogen-bond acceptors (Lipinski definition) is 4. The Labute approximate surface area is 213 Å². The maximum atomic E-state index is 15.7. The zero-order valence-corrected chi connectivity index (χ0v) is 20.1. The van der Waals surface area contributed by atoms with Gasteiger partial charge in [-0.2, -0.15) is 26.3 Å². The van der Waals surface area contributed by atoms with E-state index in [1.807, 2.05) is 4.90 Å². The van der Waals surface area contributed by atoms with Gasteiger partial charge < -0.3 is 9.47 Å². The first kappa shape index (κ1) is 28.1. The zero-order valence-electron chi connectivity index (χ0n) is 20.1. The maximum Gasteiger partial charge on any atom is 0.422 e. The molecule has 4 nitrogen and oxygen atoms in total. The Balaban J connectivity index is 1.43. The lowest BCUT2D eigenvalue weighted by Crippen LogP contribution is -2.43. The van der Waals surface area contributed by atoms with Crippen LogP contribution in [0.3, 0.4) is 0 Å². The van der Waals surface area contributed by atoms with E-state index in [0.717, 1.165) is 12.1 Å². The summed E-state index contributed by atoms with van der Waals surface area (Å²) in [6.07, 6.45) is -9.45. The molecule has 1 fully saturated rings. The normalized spacial score (nSPS) is 19.9. The maximum absolute atomic E-state index is 15.7. The van der Waals surface area contributed by atoms with Crippen molar-refractivity contribution in [1.29, 1.82) is 0 Å². The molecule has 208 valence electrons. The summed E-state index contributed by atoms with van der Waals surface area (Å²) in [7, 11) is 0. The van der Waals surface area contributed by atoms with E-state index >= 15 is 4.39 Å². The highest BCUT2D eigenvalue weighted by Crippen LogP contribution is 2.42. The Morgan fingerprint density at radius 2 is 1.50 bits per heavy atom. The van der Waals surface area contributed by atoms with E-state index in [2.05, 4.69) is 9.47 Å². The van der Waals surface area contributed by atoms with Gasteiger partial charge in [-0.1, -0.05) is 18.2 Å². The number of piperidine rings is 1. The lowest BCUT2D eigenvalue weighted by molar-refractivity contribution is -0.158. The van der Waals surface area contributed by atoms with E-state index in [0.29, 0.717) is 25.2 Å². The van der Waals surface area contributed by atoms with Gasteiger partial charge in [0.25, 0.3) is 0 Å². The smallest absolute Gasteiger partial charge is 0.422 e. The van der Waals surface area contributed by atoms with Crippen LogP contribution >= 0.6 is 0 Å². The van der Waals surface area contributed by atoms with Gasteiger partial charge in [0.1, 0.15) is 11.5 Å². The highest BCUT2D eigenvalue weighted by atomic mass is 19.4. The molecule has 0 spiro atoms. The average Bonchev–Trinajstić information content (AvgIpc) is 3.11. The molecule has 2 aliphatic rings. The van der Waals surface area contributed by atoms with Crippen molar-refractivity contribution in [1.82, 2.24) is 4.90 Å². The second-order valence-electron chi connectivity index (χ2n) is 9.75. The van der Waals surface area contributed by atoms with Crippen LogP contribution < -0.4 is 9.47 Å². The number of fused-ring (bicyclic) bond motifs is 1. The molecule has 2 aromatic rings. The SMILES string of the molecule is O=C1c2cc(OCC(F)(F)F)c(OCC(F)(F)F)cc2CC1CC1(F)CCN(Cc2ccccc2F)CC1. The fraction of sp³-hybridized carbons (Fsp3) is 0.500. The number of ketones is 1. The van der Waals surface area contributed by atoms with Gasteiger partial charge in [-0.3, -0.25) is 9.69 Å². The summed E-state index contributed by atoms with van der Waals surface area (Å²) in [5.41, 5.74) is -0.962. The molecule has 4 rings (SSSR count). The first-order valence-electron chi connectivity index (χ1n) is 12.0. The minimum atomic E-state index is -4.77. The lowest BCUT2D eigenvalue weighted by atomic mass is 9.82. The van der Waals surface area contributed by atoms with E-state index in [1.54, 1.807) is 18.2 Å². The van der Waals surface area contributed by atoms with Crippen LogP contribution in [-0.2, 0) is 13.0 Å². The van der Waals surface area contributed by atoms with Crippen LogP contribution in [-0.4, -0.2) is 55.0 Å². The Bertz CT molecular complexity index is 1160. The molecule has 1 atom stereocenters.